The highest BCUT2D eigenvalue weighted by Crippen LogP contribution is 2.30. The van der Waals surface area contributed by atoms with Gasteiger partial charge in [0.05, 0.1) is 21.8 Å². The van der Waals surface area contributed by atoms with E-state index in [1.165, 1.54) is 11.3 Å². The van der Waals surface area contributed by atoms with Gasteiger partial charge in [0.15, 0.2) is 0 Å². The number of thiophene rings is 1. The van der Waals surface area contributed by atoms with E-state index in [9.17, 15) is 0 Å². The Balaban J connectivity index is 2.29. The molecule has 0 bridgehead atoms. The average Bonchev–Trinajstić information content (AvgIpc) is 2.57. The normalized spacial score (nSPS) is 10.3. The average molecular weight is 257 g/mol. The molecule has 0 spiro atoms. The third kappa shape index (κ3) is 2.46. The summed E-state index contributed by atoms with van der Waals surface area (Å²) in [5, 5.41) is 9.63. The lowest BCUT2D eigenvalue weighted by molar-refractivity contribution is 1.49. The van der Waals surface area contributed by atoms with E-state index in [1.807, 2.05) is 18.4 Å². The fourth-order valence-corrected chi connectivity index (χ4v) is 2.30. The minimum Gasteiger partial charge on any atom is -0.353 e. The van der Waals surface area contributed by atoms with Crippen molar-refractivity contribution in [2.45, 2.75) is 6.92 Å². The number of halogens is 2. The van der Waals surface area contributed by atoms with E-state index in [0.29, 0.717) is 10.0 Å². The summed E-state index contributed by atoms with van der Waals surface area (Å²) < 4.78 is 0. The van der Waals surface area contributed by atoms with E-state index in [1.54, 1.807) is 12.1 Å². The summed E-state index contributed by atoms with van der Waals surface area (Å²) in [6, 6.07) is 5.38. The molecule has 2 aromatic rings. The van der Waals surface area contributed by atoms with E-state index in [2.05, 4.69) is 10.7 Å². The molecule has 0 atom stereocenters. The largest absolute Gasteiger partial charge is 0.353 e. The molecule has 77 valence electrons. The van der Waals surface area contributed by atoms with Crippen molar-refractivity contribution >= 4 is 45.9 Å². The van der Waals surface area contributed by atoms with Gasteiger partial charge in [-0.1, -0.05) is 23.2 Å². The number of benzene rings is 1. The summed E-state index contributed by atoms with van der Waals surface area (Å²) in [7, 11) is 0. The van der Waals surface area contributed by atoms with E-state index in [0.717, 1.165) is 16.9 Å². The van der Waals surface area contributed by atoms with Crippen LogP contribution in [-0.2, 0) is 0 Å². The first kappa shape index (κ1) is 10.8. The molecular formula is C11H8Cl2NS. The number of aryl methyl sites for hydroxylation is 1. The van der Waals surface area contributed by atoms with Crippen LogP contribution in [0.25, 0.3) is 0 Å². The van der Waals surface area contributed by atoms with Crippen LogP contribution in [0.5, 0.6) is 0 Å². The molecule has 0 saturated heterocycles. The van der Waals surface area contributed by atoms with Crippen LogP contribution in [-0.4, -0.2) is 0 Å². The van der Waals surface area contributed by atoms with Gasteiger partial charge in [-0.05, 0) is 36.1 Å². The van der Waals surface area contributed by atoms with Crippen LogP contribution in [0.2, 0.25) is 10.0 Å². The Morgan fingerprint density at radius 2 is 2.13 bits per heavy atom. The maximum absolute atomic E-state index is 6.04. The Morgan fingerprint density at radius 1 is 1.33 bits per heavy atom. The number of rotatable bonds is 2. The Labute approximate surface area is 103 Å². The van der Waals surface area contributed by atoms with E-state index >= 15 is 0 Å². The van der Waals surface area contributed by atoms with Gasteiger partial charge in [-0.15, -0.1) is 11.3 Å². The van der Waals surface area contributed by atoms with Crippen LogP contribution < -0.4 is 5.32 Å². The molecular weight excluding hydrogens is 249 g/mol. The van der Waals surface area contributed by atoms with E-state index in [-0.39, 0.29) is 0 Å². The van der Waals surface area contributed by atoms with Gasteiger partial charge in [0, 0.05) is 5.02 Å². The van der Waals surface area contributed by atoms with Gasteiger partial charge >= 0.3 is 0 Å². The zero-order valence-electron chi connectivity index (χ0n) is 7.97. The second-order valence-corrected chi connectivity index (χ2v) is 4.66. The van der Waals surface area contributed by atoms with Gasteiger partial charge in [0.25, 0.3) is 0 Å². The molecule has 2 rings (SSSR count). The first-order valence-electron chi connectivity index (χ1n) is 4.34. The minimum absolute atomic E-state index is 0.613. The zero-order valence-corrected chi connectivity index (χ0v) is 10.3. The molecule has 1 N–H and O–H groups in total. The van der Waals surface area contributed by atoms with Gasteiger partial charge in [0.2, 0.25) is 0 Å². The molecule has 1 heterocycles. The molecule has 1 radical (unpaired) electrons. The summed E-state index contributed by atoms with van der Waals surface area (Å²) in [5.74, 6) is 0. The van der Waals surface area contributed by atoms with Crippen molar-refractivity contribution < 1.29 is 0 Å². The zero-order chi connectivity index (χ0) is 10.8. The summed E-state index contributed by atoms with van der Waals surface area (Å²) >= 11 is 13.4. The highest BCUT2D eigenvalue weighted by molar-refractivity contribution is 7.08. The van der Waals surface area contributed by atoms with Gasteiger partial charge in [-0.25, -0.2) is 0 Å². The molecule has 0 aliphatic carbocycles. The maximum atomic E-state index is 6.04. The number of anilines is 2. The third-order valence-corrected chi connectivity index (χ3v) is 3.32. The third-order valence-electron chi connectivity index (χ3n) is 1.98. The van der Waals surface area contributed by atoms with Crippen molar-refractivity contribution in [2.75, 3.05) is 5.32 Å². The van der Waals surface area contributed by atoms with Crippen LogP contribution in [0.15, 0.2) is 23.6 Å². The van der Waals surface area contributed by atoms with Crippen LogP contribution in [0.1, 0.15) is 5.56 Å². The molecule has 1 nitrogen and oxygen atoms in total. The Hall–Kier alpha value is -0.700. The molecule has 0 aliphatic heterocycles. The van der Waals surface area contributed by atoms with Crippen molar-refractivity contribution in [3.63, 3.8) is 0 Å². The van der Waals surface area contributed by atoms with Crippen molar-refractivity contribution in [3.05, 3.63) is 44.6 Å². The summed E-state index contributed by atoms with van der Waals surface area (Å²) in [4.78, 5) is 0. The Kier molecular flexibility index (Phi) is 3.19. The molecule has 0 saturated carbocycles. The molecule has 1 aromatic heterocycles. The number of nitrogens with one attached hydrogen (secondary N) is 1. The summed E-state index contributed by atoms with van der Waals surface area (Å²) in [5.41, 5.74) is 2.97. The predicted octanol–water partition coefficient (Wildman–Crippen LogP) is 4.91. The highest BCUT2D eigenvalue weighted by Gasteiger charge is 2.04. The SMILES string of the molecule is Cc1cs[c]c1Nc1ccc(Cl)cc1Cl. The topological polar surface area (TPSA) is 12.0 Å². The number of hydrogen-bond acceptors (Lipinski definition) is 2. The van der Waals surface area contributed by atoms with Crippen LogP contribution >= 0.6 is 34.5 Å². The minimum atomic E-state index is 0.613. The van der Waals surface area contributed by atoms with Crippen molar-refractivity contribution in [1.82, 2.24) is 0 Å². The Morgan fingerprint density at radius 3 is 2.73 bits per heavy atom. The second-order valence-electron chi connectivity index (χ2n) is 3.14. The van der Waals surface area contributed by atoms with E-state index < -0.39 is 0 Å². The monoisotopic (exact) mass is 256 g/mol. The molecule has 0 amide bonds. The first-order valence-corrected chi connectivity index (χ1v) is 5.98. The quantitative estimate of drug-likeness (QED) is 0.806. The van der Waals surface area contributed by atoms with Gasteiger partial charge in [-0.2, -0.15) is 0 Å². The number of hydrogen-bond donors (Lipinski definition) is 1. The lowest BCUT2D eigenvalue weighted by atomic mass is 10.3. The standard InChI is InChI=1S/C11H8Cl2NS/c1-7-5-15-6-11(7)14-10-3-2-8(12)4-9(10)13/h2-5,14H,1H3. The molecule has 0 unspecified atom stereocenters. The Bertz CT molecular complexity index is 479. The molecule has 1 aromatic carbocycles. The predicted molar refractivity (Wildman–Crippen MR) is 67.6 cm³/mol. The first-order chi connectivity index (χ1) is 7.16. The van der Waals surface area contributed by atoms with Crippen molar-refractivity contribution in [1.29, 1.82) is 0 Å². The highest BCUT2D eigenvalue weighted by atomic mass is 35.5. The fourth-order valence-electron chi connectivity index (χ4n) is 1.17. The summed E-state index contributed by atoms with van der Waals surface area (Å²) in [6.45, 7) is 2.03. The van der Waals surface area contributed by atoms with Crippen LogP contribution in [0, 0.1) is 12.3 Å². The lowest BCUT2D eigenvalue weighted by Gasteiger charge is -2.07. The second kappa shape index (κ2) is 4.44. The fraction of sp³-hybridized carbons (Fsp3) is 0.0909. The summed E-state index contributed by atoms with van der Waals surface area (Å²) in [6.07, 6.45) is 0. The maximum Gasteiger partial charge on any atom is 0.0701 e. The molecule has 4 heteroatoms. The molecule has 0 aliphatic rings. The lowest BCUT2D eigenvalue weighted by Crippen LogP contribution is -1.90. The van der Waals surface area contributed by atoms with Gasteiger partial charge < -0.3 is 5.32 Å². The smallest absolute Gasteiger partial charge is 0.0701 e. The molecule has 0 fully saturated rings. The van der Waals surface area contributed by atoms with E-state index in [4.69, 9.17) is 23.2 Å². The van der Waals surface area contributed by atoms with Crippen molar-refractivity contribution in [3.8, 4) is 0 Å². The van der Waals surface area contributed by atoms with Crippen molar-refractivity contribution in [2.24, 2.45) is 0 Å². The molecule has 15 heavy (non-hydrogen) atoms. The van der Waals surface area contributed by atoms with Gasteiger partial charge in [0.1, 0.15) is 0 Å². The van der Waals surface area contributed by atoms with Gasteiger partial charge in [-0.3, -0.25) is 0 Å². The van der Waals surface area contributed by atoms with Crippen LogP contribution in [0.4, 0.5) is 11.4 Å². The van der Waals surface area contributed by atoms with Crippen LogP contribution in [0.3, 0.4) is 0 Å².